The summed E-state index contributed by atoms with van der Waals surface area (Å²) in [4.78, 5) is 43.9. The maximum absolute atomic E-state index is 14.3. The van der Waals surface area contributed by atoms with E-state index in [1.54, 1.807) is 0 Å². The van der Waals surface area contributed by atoms with E-state index in [0.717, 1.165) is 27.8 Å². The van der Waals surface area contributed by atoms with Crippen LogP contribution in [0.5, 0.6) is 0 Å². The van der Waals surface area contributed by atoms with Gasteiger partial charge in [-0.05, 0) is 54.2 Å². The van der Waals surface area contributed by atoms with Crippen LogP contribution in [0.25, 0.3) is 11.1 Å². The second-order valence-electron chi connectivity index (χ2n) is 10.2. The van der Waals surface area contributed by atoms with Crippen LogP contribution in [0.3, 0.4) is 0 Å². The zero-order chi connectivity index (χ0) is 24.5. The SMILES string of the molecule is CCc1ccccc1N1C(=O)[C@@H]2[C@@H](C1=O)[C@@]1(C)C(=O)[C@@]2(C)C(c2ccccc2)=C1c1ccccc1. The number of hydrogen-bond acceptors (Lipinski definition) is 3. The number of aryl methyl sites for hydroxylation is 1. The van der Waals surface area contributed by atoms with Gasteiger partial charge in [-0.1, -0.05) is 85.8 Å². The van der Waals surface area contributed by atoms with Gasteiger partial charge in [0, 0.05) is 0 Å². The van der Waals surface area contributed by atoms with E-state index in [0.29, 0.717) is 12.1 Å². The van der Waals surface area contributed by atoms with Gasteiger partial charge >= 0.3 is 0 Å². The van der Waals surface area contributed by atoms with Crippen molar-refractivity contribution in [1.29, 1.82) is 0 Å². The number of allylic oxidation sites excluding steroid dienone is 2. The predicted molar refractivity (Wildman–Crippen MR) is 136 cm³/mol. The number of fused-ring (bicyclic) bond motifs is 5. The Kier molecular flexibility index (Phi) is 4.56. The average Bonchev–Trinajstić information content (AvgIpc) is 3.34. The highest BCUT2D eigenvalue weighted by Crippen LogP contribution is 2.73. The fourth-order valence-corrected chi connectivity index (χ4v) is 7.08. The first-order chi connectivity index (χ1) is 16.9. The molecule has 0 radical (unpaired) electrons. The Morgan fingerprint density at radius 1 is 0.657 bits per heavy atom. The largest absolute Gasteiger partial charge is 0.298 e. The van der Waals surface area contributed by atoms with Gasteiger partial charge in [-0.2, -0.15) is 0 Å². The van der Waals surface area contributed by atoms with Gasteiger partial charge in [-0.3, -0.25) is 14.4 Å². The summed E-state index contributed by atoms with van der Waals surface area (Å²) in [6.45, 7) is 5.79. The Hall–Kier alpha value is -3.79. The quantitative estimate of drug-likeness (QED) is 0.477. The third-order valence-corrected chi connectivity index (χ3v) is 8.52. The molecule has 3 aromatic carbocycles. The lowest BCUT2D eigenvalue weighted by Gasteiger charge is -2.35. The molecule has 35 heavy (non-hydrogen) atoms. The molecule has 2 bridgehead atoms. The highest BCUT2D eigenvalue weighted by atomic mass is 16.2. The van der Waals surface area contributed by atoms with Gasteiger partial charge < -0.3 is 0 Å². The molecule has 2 aliphatic carbocycles. The second kappa shape index (κ2) is 7.35. The van der Waals surface area contributed by atoms with Gasteiger partial charge in [-0.25, -0.2) is 4.90 Å². The number of rotatable bonds is 4. The van der Waals surface area contributed by atoms with E-state index in [1.807, 2.05) is 106 Å². The summed E-state index contributed by atoms with van der Waals surface area (Å²) in [6, 6.07) is 27.3. The molecule has 0 aromatic heterocycles. The van der Waals surface area contributed by atoms with Crippen LogP contribution in [0, 0.1) is 22.7 Å². The molecule has 0 unspecified atom stereocenters. The number of benzene rings is 3. The molecule has 4 heteroatoms. The van der Waals surface area contributed by atoms with Crippen LogP contribution >= 0.6 is 0 Å². The molecule has 3 aromatic rings. The van der Waals surface area contributed by atoms with Crippen molar-refractivity contribution in [2.24, 2.45) is 22.7 Å². The van der Waals surface area contributed by atoms with Crippen molar-refractivity contribution in [2.75, 3.05) is 4.90 Å². The number of amides is 2. The van der Waals surface area contributed by atoms with Crippen LogP contribution in [-0.4, -0.2) is 17.6 Å². The fourth-order valence-electron chi connectivity index (χ4n) is 7.08. The number of imide groups is 1. The first-order valence-corrected chi connectivity index (χ1v) is 12.2. The lowest BCUT2D eigenvalue weighted by atomic mass is 9.63. The smallest absolute Gasteiger partial charge is 0.239 e. The summed E-state index contributed by atoms with van der Waals surface area (Å²) in [5.74, 6) is -2.00. The van der Waals surface area contributed by atoms with Crippen molar-refractivity contribution in [2.45, 2.75) is 27.2 Å². The Morgan fingerprint density at radius 3 is 1.54 bits per heavy atom. The zero-order valence-corrected chi connectivity index (χ0v) is 20.1. The Balaban J connectivity index is 1.62. The minimum Gasteiger partial charge on any atom is -0.298 e. The fraction of sp³-hybridized carbons (Fsp3) is 0.258. The lowest BCUT2D eigenvalue weighted by molar-refractivity contribution is -0.133. The normalized spacial score (nSPS) is 29.3. The molecule has 0 spiro atoms. The van der Waals surface area contributed by atoms with Crippen LogP contribution in [0.4, 0.5) is 5.69 Å². The number of hydrogen-bond donors (Lipinski definition) is 0. The van der Waals surface area contributed by atoms with Crippen LogP contribution in [0.2, 0.25) is 0 Å². The molecule has 1 saturated carbocycles. The summed E-state index contributed by atoms with van der Waals surface area (Å²) < 4.78 is 0. The van der Waals surface area contributed by atoms with E-state index in [2.05, 4.69) is 0 Å². The number of Topliss-reactive ketones (excluding diaryl/α,β-unsaturated/α-hetero) is 1. The summed E-state index contributed by atoms with van der Waals surface area (Å²) in [6.07, 6.45) is 0.707. The molecule has 4 atom stereocenters. The highest BCUT2D eigenvalue weighted by molar-refractivity contribution is 6.34. The number of carbonyl (C=O) groups excluding carboxylic acids is 3. The predicted octanol–water partition coefficient (Wildman–Crippen LogP) is 5.57. The molecule has 1 heterocycles. The van der Waals surface area contributed by atoms with Crippen LogP contribution in [0.15, 0.2) is 84.9 Å². The molecule has 174 valence electrons. The van der Waals surface area contributed by atoms with Crippen molar-refractivity contribution in [3.8, 4) is 0 Å². The molecule has 1 saturated heterocycles. The number of nitrogens with zero attached hydrogens (tertiary/aromatic N) is 1. The van der Waals surface area contributed by atoms with Crippen molar-refractivity contribution in [1.82, 2.24) is 0 Å². The van der Waals surface area contributed by atoms with Crippen LogP contribution < -0.4 is 4.90 Å². The van der Waals surface area contributed by atoms with E-state index in [9.17, 15) is 14.4 Å². The van der Waals surface area contributed by atoms with Gasteiger partial charge in [0.15, 0.2) is 5.78 Å². The topological polar surface area (TPSA) is 54.5 Å². The molecule has 4 nitrogen and oxygen atoms in total. The second-order valence-corrected chi connectivity index (χ2v) is 10.2. The minimum atomic E-state index is -1.09. The standard InChI is InChI=1S/C31H27NO3/c1-4-19-13-11-12-18-22(19)32-27(33)25-26(28(32)34)31(3)24(21-16-9-6-10-17-21)23(30(25,2)29(31)35)20-14-7-5-8-15-20/h5-18,25-26H,4H2,1-3H3/t25-,26-,30-,31-/m0/s1. The highest BCUT2D eigenvalue weighted by Gasteiger charge is 2.78. The maximum atomic E-state index is 14.3. The molecular weight excluding hydrogens is 434 g/mol. The van der Waals surface area contributed by atoms with E-state index in [4.69, 9.17) is 0 Å². The Bertz CT molecular complexity index is 1340. The molecule has 2 amide bonds. The Labute approximate surface area is 205 Å². The Morgan fingerprint density at radius 2 is 1.09 bits per heavy atom. The van der Waals surface area contributed by atoms with E-state index in [1.165, 1.54) is 4.90 Å². The monoisotopic (exact) mass is 461 g/mol. The summed E-state index contributed by atoms with van der Waals surface area (Å²) in [7, 11) is 0. The zero-order valence-electron chi connectivity index (χ0n) is 20.1. The van der Waals surface area contributed by atoms with Crippen molar-refractivity contribution in [3.05, 3.63) is 102 Å². The summed E-state index contributed by atoms with van der Waals surface area (Å²) in [5, 5.41) is 0. The van der Waals surface area contributed by atoms with Gasteiger partial charge in [0.05, 0.1) is 28.4 Å². The van der Waals surface area contributed by atoms with Gasteiger partial charge in [0.2, 0.25) is 11.8 Å². The molecule has 1 aliphatic heterocycles. The van der Waals surface area contributed by atoms with Gasteiger partial charge in [0.25, 0.3) is 0 Å². The van der Waals surface area contributed by atoms with Crippen LogP contribution in [-0.2, 0) is 20.8 Å². The van der Waals surface area contributed by atoms with Crippen LogP contribution in [0.1, 0.15) is 37.5 Å². The van der Waals surface area contributed by atoms with E-state index >= 15 is 0 Å². The number of ketones is 1. The minimum absolute atomic E-state index is 0.0252. The average molecular weight is 462 g/mol. The summed E-state index contributed by atoms with van der Waals surface area (Å²) >= 11 is 0. The van der Waals surface area contributed by atoms with Gasteiger partial charge in [0.1, 0.15) is 0 Å². The van der Waals surface area contributed by atoms with E-state index in [-0.39, 0.29) is 17.6 Å². The molecule has 0 N–H and O–H groups in total. The maximum Gasteiger partial charge on any atom is 0.239 e. The lowest BCUT2D eigenvalue weighted by Crippen LogP contribution is -2.40. The molecule has 6 rings (SSSR count). The van der Waals surface area contributed by atoms with E-state index < -0.39 is 22.7 Å². The van der Waals surface area contributed by atoms with Crippen molar-refractivity contribution < 1.29 is 14.4 Å². The number of para-hydroxylation sites is 1. The third kappa shape index (κ3) is 2.54. The molecular formula is C31H27NO3. The summed E-state index contributed by atoms with van der Waals surface area (Å²) in [5.41, 5.74) is 3.02. The van der Waals surface area contributed by atoms with Crippen molar-refractivity contribution in [3.63, 3.8) is 0 Å². The number of carbonyl (C=O) groups is 3. The first kappa shape index (κ1) is 21.7. The van der Waals surface area contributed by atoms with Gasteiger partial charge in [-0.15, -0.1) is 0 Å². The third-order valence-electron chi connectivity index (χ3n) is 8.52. The molecule has 3 aliphatic rings. The molecule has 2 fully saturated rings. The first-order valence-electron chi connectivity index (χ1n) is 12.2. The number of anilines is 1. The van der Waals surface area contributed by atoms with Crippen molar-refractivity contribution >= 4 is 34.4 Å².